The van der Waals surface area contributed by atoms with E-state index >= 15 is 0 Å². The molecule has 4 aliphatic rings. The summed E-state index contributed by atoms with van der Waals surface area (Å²) in [5, 5.41) is 4.62. The summed E-state index contributed by atoms with van der Waals surface area (Å²) in [7, 11) is 1.98. The van der Waals surface area contributed by atoms with Crippen molar-refractivity contribution < 1.29 is 14.3 Å². The number of likely N-dealkylation sites (tertiary alicyclic amines) is 2. The molecule has 4 aliphatic heterocycles. The van der Waals surface area contributed by atoms with E-state index in [2.05, 4.69) is 10.00 Å². The van der Waals surface area contributed by atoms with Gasteiger partial charge in [0.1, 0.15) is 0 Å². The van der Waals surface area contributed by atoms with E-state index in [0.717, 1.165) is 89.9 Å². The molecule has 1 aromatic heterocycles. The maximum absolute atomic E-state index is 12.9. The van der Waals surface area contributed by atoms with Crippen molar-refractivity contribution in [3.05, 3.63) is 17.0 Å². The Bertz CT molecular complexity index is 726. The lowest BCUT2D eigenvalue weighted by atomic mass is 9.83. The molecule has 28 heavy (non-hydrogen) atoms. The lowest BCUT2D eigenvalue weighted by Crippen LogP contribution is -2.52. The van der Waals surface area contributed by atoms with Crippen molar-refractivity contribution in [2.75, 3.05) is 39.4 Å². The van der Waals surface area contributed by atoms with Crippen LogP contribution in [0.25, 0.3) is 0 Å². The third kappa shape index (κ3) is 3.27. The standard InChI is InChI=1S/C21H32N4O3/c1-23-18-14-21(6-10-24(11-7-21)16-4-12-27-13-5-16)28-15-17(18)19(22-23)20(26)25-8-2-3-9-25/h16H,2-15H2,1H3. The predicted molar refractivity (Wildman–Crippen MR) is 104 cm³/mol. The predicted octanol–water partition coefficient (Wildman–Crippen LogP) is 1.74. The zero-order valence-electron chi connectivity index (χ0n) is 17.0. The number of hydrogen-bond acceptors (Lipinski definition) is 5. The molecule has 0 atom stereocenters. The molecule has 0 saturated carbocycles. The van der Waals surface area contributed by atoms with E-state index in [4.69, 9.17) is 9.47 Å². The summed E-state index contributed by atoms with van der Waals surface area (Å²) in [5.74, 6) is 0.0863. The molecule has 0 N–H and O–H groups in total. The smallest absolute Gasteiger partial charge is 0.274 e. The fourth-order valence-electron chi connectivity index (χ4n) is 5.47. The van der Waals surface area contributed by atoms with Crippen LogP contribution in [0.1, 0.15) is 60.3 Å². The molecule has 154 valence electrons. The number of amides is 1. The number of piperidine rings is 1. The Morgan fingerprint density at radius 3 is 2.54 bits per heavy atom. The maximum atomic E-state index is 12.9. The van der Waals surface area contributed by atoms with E-state index in [1.54, 1.807) is 0 Å². The van der Waals surface area contributed by atoms with Gasteiger partial charge in [0.05, 0.1) is 12.2 Å². The normalized spacial score (nSPS) is 26.0. The van der Waals surface area contributed by atoms with Crippen LogP contribution in [0.3, 0.4) is 0 Å². The summed E-state index contributed by atoms with van der Waals surface area (Å²) in [5.41, 5.74) is 2.76. The van der Waals surface area contributed by atoms with Gasteiger partial charge >= 0.3 is 0 Å². The van der Waals surface area contributed by atoms with Gasteiger partial charge in [0.2, 0.25) is 0 Å². The molecular formula is C21H32N4O3. The minimum atomic E-state index is -0.0869. The monoisotopic (exact) mass is 388 g/mol. The Balaban J connectivity index is 1.29. The van der Waals surface area contributed by atoms with Gasteiger partial charge in [0.15, 0.2) is 5.69 Å². The fourth-order valence-corrected chi connectivity index (χ4v) is 5.47. The first-order chi connectivity index (χ1) is 13.7. The van der Waals surface area contributed by atoms with Gasteiger partial charge in [0, 0.05) is 70.2 Å². The molecule has 0 aliphatic carbocycles. The molecule has 7 nitrogen and oxygen atoms in total. The highest BCUT2D eigenvalue weighted by atomic mass is 16.5. The van der Waals surface area contributed by atoms with Gasteiger partial charge in [-0.15, -0.1) is 0 Å². The van der Waals surface area contributed by atoms with E-state index in [1.165, 1.54) is 5.69 Å². The number of aryl methyl sites for hydroxylation is 1. The summed E-state index contributed by atoms with van der Waals surface area (Å²) in [6.45, 7) is 6.22. The van der Waals surface area contributed by atoms with Gasteiger partial charge in [-0.25, -0.2) is 0 Å². The lowest BCUT2D eigenvalue weighted by Gasteiger charge is -2.46. The molecule has 0 unspecified atom stereocenters. The van der Waals surface area contributed by atoms with Crippen LogP contribution in [0.15, 0.2) is 0 Å². The van der Waals surface area contributed by atoms with Crippen molar-refractivity contribution in [2.45, 2.75) is 63.2 Å². The van der Waals surface area contributed by atoms with Crippen LogP contribution in [-0.4, -0.2) is 76.5 Å². The highest BCUT2D eigenvalue weighted by Gasteiger charge is 2.43. The minimum absolute atomic E-state index is 0.0863. The maximum Gasteiger partial charge on any atom is 0.274 e. The van der Waals surface area contributed by atoms with Gasteiger partial charge in [-0.1, -0.05) is 0 Å². The zero-order chi connectivity index (χ0) is 19.1. The molecule has 0 bridgehead atoms. The molecule has 0 radical (unpaired) electrons. The van der Waals surface area contributed by atoms with Crippen molar-refractivity contribution in [3.8, 4) is 0 Å². The molecular weight excluding hydrogens is 356 g/mol. The van der Waals surface area contributed by atoms with Crippen molar-refractivity contribution in [3.63, 3.8) is 0 Å². The van der Waals surface area contributed by atoms with Crippen molar-refractivity contribution in [1.82, 2.24) is 19.6 Å². The number of hydrogen-bond donors (Lipinski definition) is 0. The van der Waals surface area contributed by atoms with Crippen LogP contribution in [0.4, 0.5) is 0 Å². The number of fused-ring (bicyclic) bond motifs is 1. The minimum Gasteiger partial charge on any atom is -0.381 e. The molecule has 1 spiro atoms. The lowest BCUT2D eigenvalue weighted by molar-refractivity contribution is -0.112. The molecule has 7 heteroatoms. The van der Waals surface area contributed by atoms with Gasteiger partial charge < -0.3 is 14.4 Å². The van der Waals surface area contributed by atoms with Gasteiger partial charge in [0.25, 0.3) is 5.91 Å². The zero-order valence-corrected chi connectivity index (χ0v) is 17.0. The average Bonchev–Trinajstić information content (AvgIpc) is 3.38. The second kappa shape index (κ2) is 7.43. The fraction of sp³-hybridized carbons (Fsp3) is 0.810. The van der Waals surface area contributed by atoms with Crippen LogP contribution in [-0.2, 0) is 29.5 Å². The van der Waals surface area contributed by atoms with Crippen LogP contribution < -0.4 is 0 Å². The quantitative estimate of drug-likeness (QED) is 0.772. The molecule has 0 aromatic carbocycles. The Hall–Kier alpha value is -1.44. The Morgan fingerprint density at radius 2 is 1.82 bits per heavy atom. The van der Waals surface area contributed by atoms with Crippen LogP contribution in [0.2, 0.25) is 0 Å². The molecule has 1 amide bonds. The van der Waals surface area contributed by atoms with Gasteiger partial charge in [-0.2, -0.15) is 5.10 Å². The van der Waals surface area contributed by atoms with Gasteiger partial charge in [-0.3, -0.25) is 14.4 Å². The number of nitrogens with zero attached hydrogens (tertiary/aromatic N) is 4. The van der Waals surface area contributed by atoms with Crippen LogP contribution in [0, 0.1) is 0 Å². The molecule has 3 fully saturated rings. The Labute approximate surface area is 166 Å². The number of carbonyl (C=O) groups is 1. The molecule has 5 heterocycles. The second-order valence-corrected chi connectivity index (χ2v) is 8.92. The highest BCUT2D eigenvalue weighted by molar-refractivity contribution is 5.94. The summed E-state index contributed by atoms with van der Waals surface area (Å²) in [6, 6.07) is 0.673. The van der Waals surface area contributed by atoms with Crippen molar-refractivity contribution >= 4 is 5.91 Å². The SMILES string of the molecule is Cn1nc(C(=O)N2CCCC2)c2c1CC1(CCN(C3CCOCC3)CC1)OC2. The first-order valence-electron chi connectivity index (χ1n) is 10.9. The Morgan fingerprint density at radius 1 is 1.11 bits per heavy atom. The van der Waals surface area contributed by atoms with Gasteiger partial charge in [-0.05, 0) is 38.5 Å². The molecule has 3 saturated heterocycles. The number of carbonyl (C=O) groups excluding carboxylic acids is 1. The Kier molecular flexibility index (Phi) is 4.93. The number of aromatic nitrogens is 2. The largest absolute Gasteiger partial charge is 0.381 e. The van der Waals surface area contributed by atoms with Crippen LogP contribution >= 0.6 is 0 Å². The third-order valence-corrected chi connectivity index (χ3v) is 7.30. The van der Waals surface area contributed by atoms with E-state index in [0.29, 0.717) is 18.3 Å². The molecule has 1 aromatic rings. The summed E-state index contributed by atoms with van der Waals surface area (Å²) in [6.07, 6.45) is 7.51. The highest BCUT2D eigenvalue weighted by Crippen LogP contribution is 2.38. The van der Waals surface area contributed by atoms with E-state index in [-0.39, 0.29) is 11.5 Å². The van der Waals surface area contributed by atoms with E-state index in [9.17, 15) is 4.79 Å². The second-order valence-electron chi connectivity index (χ2n) is 8.92. The first-order valence-corrected chi connectivity index (χ1v) is 10.9. The molecule has 5 rings (SSSR count). The summed E-state index contributed by atoms with van der Waals surface area (Å²) in [4.78, 5) is 17.5. The third-order valence-electron chi connectivity index (χ3n) is 7.30. The van der Waals surface area contributed by atoms with E-state index in [1.807, 2.05) is 16.6 Å². The van der Waals surface area contributed by atoms with Crippen molar-refractivity contribution in [1.29, 1.82) is 0 Å². The van der Waals surface area contributed by atoms with Crippen LogP contribution in [0.5, 0.6) is 0 Å². The van der Waals surface area contributed by atoms with Crippen molar-refractivity contribution in [2.24, 2.45) is 7.05 Å². The summed E-state index contributed by atoms with van der Waals surface area (Å²) < 4.78 is 13.9. The number of rotatable bonds is 2. The first kappa shape index (κ1) is 18.6. The van der Waals surface area contributed by atoms with E-state index < -0.39 is 0 Å². The average molecular weight is 389 g/mol. The topological polar surface area (TPSA) is 59.8 Å². The number of ether oxygens (including phenoxy) is 2. The summed E-state index contributed by atoms with van der Waals surface area (Å²) >= 11 is 0.